The normalized spacial score (nSPS) is 11.6. The molecule has 4 aliphatic rings. The Hall–Kier alpha value is -9.06. The van der Waals surface area contributed by atoms with Crippen molar-refractivity contribution < 1.29 is 53.2 Å². The van der Waals surface area contributed by atoms with Gasteiger partial charge in [0.15, 0.2) is 5.43 Å². The number of carbonyl (C=O) groups is 5. The number of hydrogen-bond acceptors (Lipinski definition) is 12. The number of rotatable bonds is 13. The molecular weight excluding hydrogens is 982 g/mol. The zero-order chi connectivity index (χ0) is 52.0. The van der Waals surface area contributed by atoms with Crippen molar-refractivity contribution in [1.82, 2.24) is 15.6 Å². The molecule has 2 aliphatic carbocycles. The van der Waals surface area contributed by atoms with E-state index in [1.165, 1.54) is 66.9 Å². The molecule has 0 unspecified atom stereocenters. The van der Waals surface area contributed by atoms with Crippen LogP contribution in [-0.2, 0) is 13.1 Å². The SMILES string of the molecule is CCN=c1ccc2c(-c3c(Cl)cc(C(=O)NCc4ccc(C(=O)NCc5c(O)ccc6c(-c7ccc(C(=O)O)cc7C(=O)O)c7ccc(=O)cc-7oc56)nc4)c(Cl)c3C(=O)O)c3ccc(N(C)C)cc3oc-2c1. The van der Waals surface area contributed by atoms with Crippen molar-refractivity contribution in [3.63, 3.8) is 0 Å². The molecule has 366 valence electrons. The Bertz CT molecular complexity index is 3870. The number of halogens is 2. The van der Waals surface area contributed by atoms with Gasteiger partial charge in [0.1, 0.15) is 34.1 Å². The summed E-state index contributed by atoms with van der Waals surface area (Å²) >= 11 is 13.8. The van der Waals surface area contributed by atoms with Crippen LogP contribution in [0, 0.1) is 0 Å². The molecule has 0 saturated heterocycles. The minimum atomic E-state index is -1.43. The molecule has 17 nitrogen and oxygen atoms in total. The standard InChI is InChI=1S/C54H39Cl2N5O12/c1-4-57-27-7-11-32-41(18-27)72-42-19-28(61(2)3)8-12-33(42)45(32)46-38(55)21-36(48(56)47(46)54(70)71)50(64)59-23-25-5-15-39(58-22-25)51(65)60-24-37-40(63)16-14-34-44(31-13-9-29(62)20-43(31)73-49(34)37)30-10-6-26(52(66)67)17-35(30)53(68)69/h5-22,63H,4,23-24H2,1-3H3,(H,59,64)(H,60,65)(H,66,67)(H,68,69)(H,70,71). The number of fused-ring (bicyclic) bond motifs is 4. The average molecular weight is 1020 g/mol. The first kappa shape index (κ1) is 48.9. The number of amides is 2. The van der Waals surface area contributed by atoms with Crippen molar-refractivity contribution in [3.05, 3.63) is 174 Å². The number of aromatic carboxylic acids is 3. The van der Waals surface area contributed by atoms with Gasteiger partial charge in [-0.25, -0.2) is 14.4 Å². The van der Waals surface area contributed by atoms with Crippen LogP contribution in [0.25, 0.3) is 66.8 Å². The average Bonchev–Trinajstić information content (AvgIpc) is 3.36. The third-order valence-electron chi connectivity index (χ3n) is 12.1. The minimum absolute atomic E-state index is 0.00637. The Morgan fingerprint density at radius 2 is 1.40 bits per heavy atom. The van der Waals surface area contributed by atoms with Crippen LogP contribution < -0.4 is 26.3 Å². The van der Waals surface area contributed by atoms with Crippen molar-refractivity contribution in [2.45, 2.75) is 20.0 Å². The number of nitrogens with one attached hydrogen (secondary N) is 2. The molecular formula is C54H39Cl2N5O12. The monoisotopic (exact) mass is 1020 g/mol. The van der Waals surface area contributed by atoms with E-state index in [-0.39, 0.29) is 90.3 Å². The van der Waals surface area contributed by atoms with Gasteiger partial charge in [0, 0.05) is 95.9 Å². The Balaban J connectivity index is 0.971. The summed E-state index contributed by atoms with van der Waals surface area (Å²) in [6.07, 6.45) is 1.34. The van der Waals surface area contributed by atoms with Crippen molar-refractivity contribution in [2.24, 2.45) is 4.99 Å². The number of carboxylic acid groups (broad SMARTS) is 3. The number of aromatic hydroxyl groups is 1. The van der Waals surface area contributed by atoms with E-state index in [4.69, 9.17) is 32.0 Å². The number of carbonyl (C=O) groups excluding carboxylic acids is 2. The predicted octanol–water partition coefficient (Wildman–Crippen LogP) is 9.43. The number of pyridine rings is 1. The van der Waals surface area contributed by atoms with Gasteiger partial charge in [0.05, 0.1) is 49.8 Å². The van der Waals surface area contributed by atoms with E-state index in [1.54, 1.807) is 24.3 Å². The molecule has 4 aromatic carbocycles. The summed E-state index contributed by atoms with van der Waals surface area (Å²) in [6.45, 7) is 1.96. The fourth-order valence-corrected chi connectivity index (χ4v) is 9.26. The lowest BCUT2D eigenvalue weighted by molar-refractivity contribution is 0.0682. The molecule has 0 atom stereocenters. The van der Waals surface area contributed by atoms with E-state index in [2.05, 4.69) is 20.6 Å². The molecule has 9 rings (SSSR count). The number of anilines is 1. The van der Waals surface area contributed by atoms with E-state index in [0.717, 1.165) is 11.8 Å². The third-order valence-corrected chi connectivity index (χ3v) is 12.8. The maximum absolute atomic E-state index is 13.8. The molecule has 6 N–H and O–H groups in total. The highest BCUT2D eigenvalue weighted by atomic mass is 35.5. The van der Waals surface area contributed by atoms with Gasteiger partial charge < -0.3 is 44.8 Å². The number of carboxylic acids is 3. The molecule has 0 spiro atoms. The summed E-state index contributed by atoms with van der Waals surface area (Å²) in [5.41, 5.74) is 1.84. The summed E-state index contributed by atoms with van der Waals surface area (Å²) in [5, 5.41) is 47.9. The lowest BCUT2D eigenvalue weighted by Crippen LogP contribution is -2.25. The van der Waals surface area contributed by atoms with Crippen LogP contribution in [0.2, 0.25) is 10.0 Å². The fourth-order valence-electron chi connectivity index (χ4n) is 8.65. The third kappa shape index (κ3) is 9.25. The summed E-state index contributed by atoms with van der Waals surface area (Å²) in [5.74, 6) is -5.47. The van der Waals surface area contributed by atoms with Crippen molar-refractivity contribution >= 4 is 80.6 Å². The topological polar surface area (TPSA) is 262 Å². The van der Waals surface area contributed by atoms with Gasteiger partial charge in [-0.15, -0.1) is 0 Å². The lowest BCUT2D eigenvalue weighted by Gasteiger charge is -2.21. The summed E-state index contributed by atoms with van der Waals surface area (Å²) in [4.78, 5) is 87.7. The highest BCUT2D eigenvalue weighted by molar-refractivity contribution is 6.41. The highest BCUT2D eigenvalue weighted by Crippen LogP contribution is 2.48. The molecule has 73 heavy (non-hydrogen) atoms. The minimum Gasteiger partial charge on any atom is -0.507 e. The molecule has 0 saturated carbocycles. The van der Waals surface area contributed by atoms with Gasteiger partial charge in [-0.3, -0.25) is 24.4 Å². The first-order valence-electron chi connectivity index (χ1n) is 22.2. The smallest absolute Gasteiger partial charge is 0.337 e. The van der Waals surface area contributed by atoms with Crippen molar-refractivity contribution in [1.29, 1.82) is 0 Å². The van der Waals surface area contributed by atoms with Crippen LogP contribution in [0.1, 0.15) is 70.0 Å². The number of benzene rings is 6. The number of phenolic OH excluding ortho intramolecular Hbond substituents is 1. The van der Waals surface area contributed by atoms with E-state index in [0.29, 0.717) is 50.9 Å². The zero-order valence-electron chi connectivity index (χ0n) is 38.7. The van der Waals surface area contributed by atoms with Crippen LogP contribution in [0.4, 0.5) is 5.69 Å². The molecule has 2 aliphatic heterocycles. The second-order valence-corrected chi connectivity index (χ2v) is 17.6. The Labute approximate surface area is 422 Å². The van der Waals surface area contributed by atoms with Gasteiger partial charge in [0.2, 0.25) is 0 Å². The van der Waals surface area contributed by atoms with Gasteiger partial charge >= 0.3 is 17.9 Å². The molecule has 2 amide bonds. The van der Waals surface area contributed by atoms with Crippen molar-refractivity contribution in [2.75, 3.05) is 25.5 Å². The molecule has 5 aromatic rings. The summed E-state index contributed by atoms with van der Waals surface area (Å²) in [7, 11) is 3.75. The van der Waals surface area contributed by atoms with E-state index in [9.17, 15) is 49.2 Å². The number of aromatic nitrogens is 1. The van der Waals surface area contributed by atoms with E-state index in [1.807, 2.05) is 38.1 Å². The van der Waals surface area contributed by atoms with Crippen molar-refractivity contribution in [3.8, 4) is 50.7 Å². The Morgan fingerprint density at radius 1 is 0.685 bits per heavy atom. The quantitative estimate of drug-likeness (QED) is 0.0588. The second-order valence-electron chi connectivity index (χ2n) is 16.8. The van der Waals surface area contributed by atoms with Gasteiger partial charge in [-0.2, -0.15) is 0 Å². The number of phenols is 1. The number of nitrogens with zero attached hydrogens (tertiary/aromatic N) is 3. The number of hydrogen-bond donors (Lipinski definition) is 6. The van der Waals surface area contributed by atoms with Crippen LogP contribution >= 0.6 is 23.2 Å². The molecule has 19 heteroatoms. The molecule has 0 radical (unpaired) electrons. The van der Waals surface area contributed by atoms with Gasteiger partial charge in [-0.05, 0) is 90.8 Å². The molecule has 0 fully saturated rings. The maximum atomic E-state index is 13.8. The molecule has 3 heterocycles. The second kappa shape index (κ2) is 19.6. The van der Waals surface area contributed by atoms with Crippen LogP contribution in [0.3, 0.4) is 0 Å². The lowest BCUT2D eigenvalue weighted by atomic mass is 9.89. The maximum Gasteiger partial charge on any atom is 0.337 e. The van der Waals surface area contributed by atoms with E-state index < -0.39 is 40.7 Å². The van der Waals surface area contributed by atoms with Gasteiger partial charge in [-0.1, -0.05) is 35.3 Å². The first-order valence-corrected chi connectivity index (χ1v) is 23.0. The summed E-state index contributed by atoms with van der Waals surface area (Å²) < 4.78 is 12.5. The summed E-state index contributed by atoms with van der Waals surface area (Å²) in [6, 6.07) is 25.3. The molecule has 1 aromatic heterocycles. The van der Waals surface area contributed by atoms with E-state index >= 15 is 0 Å². The van der Waals surface area contributed by atoms with Crippen LogP contribution in [0.5, 0.6) is 5.75 Å². The van der Waals surface area contributed by atoms with Crippen LogP contribution in [-0.4, -0.2) is 75.8 Å². The first-order chi connectivity index (χ1) is 34.9. The largest absolute Gasteiger partial charge is 0.507 e. The Morgan fingerprint density at radius 3 is 2.10 bits per heavy atom. The predicted molar refractivity (Wildman–Crippen MR) is 272 cm³/mol. The Kier molecular flexibility index (Phi) is 13.2. The van der Waals surface area contributed by atoms with Gasteiger partial charge in [0.25, 0.3) is 11.8 Å². The molecule has 0 bridgehead atoms. The van der Waals surface area contributed by atoms with Crippen LogP contribution in [0.15, 0.2) is 128 Å². The zero-order valence-corrected chi connectivity index (χ0v) is 40.2. The highest BCUT2D eigenvalue weighted by Gasteiger charge is 2.30. The fraction of sp³-hybridized carbons (Fsp3) is 0.111.